The summed E-state index contributed by atoms with van der Waals surface area (Å²) in [5.41, 5.74) is 4.23. The van der Waals surface area contributed by atoms with Crippen molar-refractivity contribution in [2.45, 2.75) is 13.3 Å². The number of hydrogen-bond donors (Lipinski definition) is 0. The number of aryl methyl sites for hydroxylation is 1. The summed E-state index contributed by atoms with van der Waals surface area (Å²) in [6.07, 6.45) is 4.71. The quantitative estimate of drug-likeness (QED) is 0.819. The smallest absolute Gasteiger partial charge is 0.256 e. The van der Waals surface area contributed by atoms with E-state index in [1.807, 2.05) is 35.5 Å². The van der Waals surface area contributed by atoms with E-state index < -0.39 is 0 Å². The molecule has 2 saturated heterocycles. The van der Waals surface area contributed by atoms with Crippen molar-refractivity contribution in [1.82, 2.24) is 9.88 Å². The first-order chi connectivity index (χ1) is 13.7. The Morgan fingerprint density at radius 1 is 0.929 bits per heavy atom. The lowest BCUT2D eigenvalue weighted by Gasteiger charge is -2.31. The molecular formula is C22H28N4O2. The van der Waals surface area contributed by atoms with Crippen LogP contribution in [-0.2, 0) is 4.74 Å². The van der Waals surface area contributed by atoms with Gasteiger partial charge in [0, 0.05) is 63.0 Å². The summed E-state index contributed by atoms with van der Waals surface area (Å²) in [5.74, 6) is 0.135. The van der Waals surface area contributed by atoms with Gasteiger partial charge in [-0.3, -0.25) is 9.78 Å². The van der Waals surface area contributed by atoms with Crippen LogP contribution in [0.4, 0.5) is 11.4 Å². The fourth-order valence-corrected chi connectivity index (χ4v) is 4.09. The zero-order valence-electron chi connectivity index (χ0n) is 16.5. The van der Waals surface area contributed by atoms with Gasteiger partial charge in [0.15, 0.2) is 0 Å². The van der Waals surface area contributed by atoms with Crippen molar-refractivity contribution >= 4 is 17.3 Å². The van der Waals surface area contributed by atoms with Crippen LogP contribution in [0.25, 0.3) is 0 Å². The molecule has 0 radical (unpaired) electrons. The second-order valence-electron chi connectivity index (χ2n) is 7.41. The van der Waals surface area contributed by atoms with Crippen LogP contribution in [0.15, 0.2) is 42.7 Å². The van der Waals surface area contributed by atoms with E-state index in [1.54, 1.807) is 0 Å². The number of ether oxygens (including phenoxy) is 1. The van der Waals surface area contributed by atoms with Gasteiger partial charge in [-0.25, -0.2) is 0 Å². The van der Waals surface area contributed by atoms with Gasteiger partial charge in [0.25, 0.3) is 5.91 Å². The van der Waals surface area contributed by atoms with E-state index in [2.05, 4.69) is 33.8 Å². The number of nitrogens with zero attached hydrogens (tertiary/aromatic N) is 4. The maximum absolute atomic E-state index is 13.4. The number of para-hydroxylation sites is 1. The van der Waals surface area contributed by atoms with Crippen LogP contribution in [0, 0.1) is 6.92 Å². The number of aromatic nitrogens is 1. The monoisotopic (exact) mass is 380 g/mol. The van der Waals surface area contributed by atoms with Crippen LogP contribution in [0.5, 0.6) is 0 Å². The molecular weight excluding hydrogens is 352 g/mol. The first-order valence-electron chi connectivity index (χ1n) is 10.1. The number of carbonyl (C=O) groups excluding carboxylic acids is 1. The molecule has 0 spiro atoms. The fraction of sp³-hybridized carbons (Fsp3) is 0.455. The van der Waals surface area contributed by atoms with Crippen LogP contribution < -0.4 is 9.80 Å². The van der Waals surface area contributed by atoms with Crippen molar-refractivity contribution in [3.63, 3.8) is 0 Å². The summed E-state index contributed by atoms with van der Waals surface area (Å²) in [7, 11) is 0. The maximum Gasteiger partial charge on any atom is 0.256 e. The summed E-state index contributed by atoms with van der Waals surface area (Å²) >= 11 is 0. The number of amides is 1. The van der Waals surface area contributed by atoms with Gasteiger partial charge in [0.05, 0.1) is 18.8 Å². The highest BCUT2D eigenvalue weighted by Crippen LogP contribution is 2.25. The molecule has 0 unspecified atom stereocenters. The molecule has 2 aromatic rings. The van der Waals surface area contributed by atoms with Crippen LogP contribution >= 0.6 is 0 Å². The minimum absolute atomic E-state index is 0.135. The highest BCUT2D eigenvalue weighted by atomic mass is 16.5. The number of hydrogen-bond acceptors (Lipinski definition) is 5. The second kappa shape index (κ2) is 8.61. The zero-order valence-corrected chi connectivity index (χ0v) is 16.5. The normalized spacial score (nSPS) is 18.1. The van der Waals surface area contributed by atoms with Gasteiger partial charge in [-0.2, -0.15) is 0 Å². The predicted molar refractivity (Wildman–Crippen MR) is 111 cm³/mol. The van der Waals surface area contributed by atoms with E-state index in [1.165, 1.54) is 11.3 Å². The van der Waals surface area contributed by atoms with E-state index in [9.17, 15) is 4.79 Å². The molecule has 3 heterocycles. The Hall–Kier alpha value is -2.60. The van der Waals surface area contributed by atoms with Crippen molar-refractivity contribution < 1.29 is 9.53 Å². The number of carbonyl (C=O) groups is 1. The lowest BCUT2D eigenvalue weighted by atomic mass is 10.1. The topological polar surface area (TPSA) is 48.9 Å². The average Bonchev–Trinajstić information content (AvgIpc) is 3.00. The lowest BCUT2D eigenvalue weighted by molar-refractivity contribution is 0.0766. The minimum atomic E-state index is 0.135. The highest BCUT2D eigenvalue weighted by molar-refractivity contribution is 6.00. The van der Waals surface area contributed by atoms with Gasteiger partial charge in [-0.05, 0) is 37.1 Å². The largest absolute Gasteiger partial charge is 0.378 e. The SMILES string of the molecule is Cc1cnccc1N1CCCN(C(=O)c2ccccc2N2CCOCC2)CC1. The first kappa shape index (κ1) is 18.7. The third kappa shape index (κ3) is 3.97. The summed E-state index contributed by atoms with van der Waals surface area (Å²) in [4.78, 5) is 24.2. The molecule has 28 heavy (non-hydrogen) atoms. The molecule has 0 bridgehead atoms. The molecule has 2 fully saturated rings. The summed E-state index contributed by atoms with van der Waals surface area (Å²) in [5, 5.41) is 0. The molecule has 6 nitrogen and oxygen atoms in total. The van der Waals surface area contributed by atoms with E-state index in [4.69, 9.17) is 4.74 Å². The highest BCUT2D eigenvalue weighted by Gasteiger charge is 2.25. The van der Waals surface area contributed by atoms with Crippen molar-refractivity contribution in [1.29, 1.82) is 0 Å². The predicted octanol–water partition coefficient (Wildman–Crippen LogP) is 2.58. The van der Waals surface area contributed by atoms with Crippen LogP contribution in [0.2, 0.25) is 0 Å². The molecule has 6 heteroatoms. The summed E-state index contributed by atoms with van der Waals surface area (Å²) < 4.78 is 5.47. The molecule has 148 valence electrons. The Morgan fingerprint density at radius 2 is 1.71 bits per heavy atom. The number of benzene rings is 1. The Labute approximate surface area is 166 Å². The van der Waals surface area contributed by atoms with Crippen molar-refractivity contribution in [2.75, 3.05) is 62.3 Å². The van der Waals surface area contributed by atoms with Gasteiger partial charge < -0.3 is 19.4 Å². The van der Waals surface area contributed by atoms with Crippen LogP contribution in [0.1, 0.15) is 22.3 Å². The minimum Gasteiger partial charge on any atom is -0.378 e. The first-order valence-corrected chi connectivity index (χ1v) is 10.1. The van der Waals surface area contributed by atoms with E-state index in [0.29, 0.717) is 13.2 Å². The van der Waals surface area contributed by atoms with E-state index in [0.717, 1.165) is 56.9 Å². The van der Waals surface area contributed by atoms with E-state index in [-0.39, 0.29) is 5.91 Å². The Morgan fingerprint density at radius 3 is 2.54 bits per heavy atom. The standard InChI is InChI=1S/C22H28N4O2/c1-18-17-23-8-7-20(18)24-9-4-10-26(12-11-24)22(27)19-5-2-3-6-21(19)25-13-15-28-16-14-25/h2-3,5-8,17H,4,9-16H2,1H3. The Kier molecular flexibility index (Phi) is 5.76. The van der Waals surface area contributed by atoms with Crippen LogP contribution in [0.3, 0.4) is 0 Å². The van der Waals surface area contributed by atoms with Gasteiger partial charge in [-0.1, -0.05) is 12.1 Å². The zero-order chi connectivity index (χ0) is 19.3. The lowest BCUT2D eigenvalue weighted by Crippen LogP contribution is -2.39. The number of pyridine rings is 1. The Bertz CT molecular complexity index is 820. The average molecular weight is 380 g/mol. The molecule has 2 aliphatic rings. The third-order valence-corrected chi connectivity index (χ3v) is 5.60. The van der Waals surface area contributed by atoms with Crippen molar-refractivity contribution in [3.8, 4) is 0 Å². The van der Waals surface area contributed by atoms with Gasteiger partial charge in [0.1, 0.15) is 0 Å². The molecule has 1 aromatic carbocycles. The second-order valence-corrected chi connectivity index (χ2v) is 7.41. The van der Waals surface area contributed by atoms with Gasteiger partial charge in [-0.15, -0.1) is 0 Å². The van der Waals surface area contributed by atoms with E-state index >= 15 is 0 Å². The molecule has 1 amide bonds. The number of morpholine rings is 1. The molecule has 0 N–H and O–H groups in total. The molecule has 0 saturated carbocycles. The molecule has 0 aliphatic carbocycles. The molecule has 0 atom stereocenters. The summed E-state index contributed by atoms with van der Waals surface area (Å²) in [6, 6.07) is 10.1. The van der Waals surface area contributed by atoms with Crippen LogP contribution in [-0.4, -0.2) is 68.3 Å². The maximum atomic E-state index is 13.4. The van der Waals surface area contributed by atoms with Gasteiger partial charge >= 0.3 is 0 Å². The number of anilines is 2. The molecule has 2 aliphatic heterocycles. The molecule has 4 rings (SSSR count). The van der Waals surface area contributed by atoms with Crippen molar-refractivity contribution in [3.05, 3.63) is 53.9 Å². The number of rotatable bonds is 3. The fourth-order valence-electron chi connectivity index (χ4n) is 4.09. The Balaban J connectivity index is 1.49. The molecule has 1 aromatic heterocycles. The van der Waals surface area contributed by atoms with Crippen molar-refractivity contribution in [2.24, 2.45) is 0 Å². The third-order valence-electron chi connectivity index (χ3n) is 5.60. The summed E-state index contributed by atoms with van der Waals surface area (Å²) in [6.45, 7) is 8.51. The van der Waals surface area contributed by atoms with Gasteiger partial charge in [0.2, 0.25) is 0 Å².